The lowest BCUT2D eigenvalue weighted by Crippen LogP contribution is -2.50. The Hall–Kier alpha value is -2.38. The van der Waals surface area contributed by atoms with Gasteiger partial charge in [-0.15, -0.1) is 0 Å². The van der Waals surface area contributed by atoms with Crippen LogP contribution in [0.25, 0.3) is 0 Å². The molecular weight excluding hydrogens is 334 g/mol. The van der Waals surface area contributed by atoms with E-state index in [0.717, 1.165) is 38.0 Å². The predicted molar refractivity (Wildman–Crippen MR) is 96.7 cm³/mol. The van der Waals surface area contributed by atoms with E-state index in [1.165, 1.54) is 0 Å². The monoisotopic (exact) mass is 361 g/mol. The molecule has 1 N–H and O–H groups in total. The zero-order valence-corrected chi connectivity index (χ0v) is 15.3. The largest absolute Gasteiger partial charge is 0.450 e. The van der Waals surface area contributed by atoms with E-state index >= 15 is 0 Å². The Kier molecular flexibility index (Phi) is 6.25. The average molecular weight is 361 g/mol. The summed E-state index contributed by atoms with van der Waals surface area (Å²) in [4.78, 5) is 36.7. The van der Waals surface area contributed by atoms with Crippen LogP contribution in [0.2, 0.25) is 0 Å². The van der Waals surface area contributed by atoms with Gasteiger partial charge < -0.3 is 19.9 Å². The quantitative estimate of drug-likeness (QED) is 0.873. The lowest BCUT2D eigenvalue weighted by Gasteiger charge is -2.35. The van der Waals surface area contributed by atoms with Crippen molar-refractivity contribution in [3.05, 3.63) is 18.6 Å². The molecule has 1 unspecified atom stereocenters. The highest BCUT2D eigenvalue weighted by atomic mass is 16.6. The molecular formula is C18H27N5O3. The van der Waals surface area contributed by atoms with Gasteiger partial charge in [0.1, 0.15) is 5.82 Å². The van der Waals surface area contributed by atoms with E-state index < -0.39 is 0 Å². The van der Waals surface area contributed by atoms with Gasteiger partial charge in [0, 0.05) is 44.6 Å². The van der Waals surface area contributed by atoms with Crippen molar-refractivity contribution in [2.24, 2.45) is 5.92 Å². The second kappa shape index (κ2) is 8.82. The number of hydrogen-bond donors (Lipinski definition) is 1. The standard InChI is InChI=1S/C18H27N5O3/c1-2-26-18(25)22-10-5-15(6-11-22)21-17(24)14-4-3-9-23(13-14)16-12-19-7-8-20-16/h7-8,12,14-15H,2-6,9-11,13H2,1H3,(H,21,24). The smallest absolute Gasteiger partial charge is 0.409 e. The van der Waals surface area contributed by atoms with Crippen LogP contribution in [0.3, 0.4) is 0 Å². The van der Waals surface area contributed by atoms with Crippen molar-refractivity contribution >= 4 is 17.8 Å². The molecule has 0 radical (unpaired) electrons. The van der Waals surface area contributed by atoms with E-state index in [4.69, 9.17) is 4.74 Å². The summed E-state index contributed by atoms with van der Waals surface area (Å²) in [7, 11) is 0. The molecule has 0 aromatic carbocycles. The van der Waals surface area contributed by atoms with Gasteiger partial charge in [0.15, 0.2) is 0 Å². The third kappa shape index (κ3) is 4.62. The Morgan fingerprint density at radius 2 is 2.04 bits per heavy atom. The molecule has 0 bridgehead atoms. The Labute approximate surface area is 153 Å². The van der Waals surface area contributed by atoms with Crippen molar-refractivity contribution in [1.82, 2.24) is 20.2 Å². The van der Waals surface area contributed by atoms with Gasteiger partial charge in [-0.25, -0.2) is 9.78 Å². The lowest BCUT2D eigenvalue weighted by atomic mass is 9.96. The number of amides is 2. The first-order valence-corrected chi connectivity index (χ1v) is 9.40. The van der Waals surface area contributed by atoms with E-state index in [9.17, 15) is 9.59 Å². The number of carbonyl (C=O) groups is 2. The summed E-state index contributed by atoms with van der Waals surface area (Å²) in [6.07, 6.45) is 8.21. The molecule has 8 nitrogen and oxygen atoms in total. The number of ether oxygens (including phenoxy) is 1. The van der Waals surface area contributed by atoms with Crippen LogP contribution >= 0.6 is 0 Å². The Bertz CT molecular complexity index is 604. The van der Waals surface area contributed by atoms with Crippen LogP contribution in [-0.2, 0) is 9.53 Å². The van der Waals surface area contributed by atoms with Crippen molar-refractivity contribution in [1.29, 1.82) is 0 Å². The molecule has 1 aromatic rings. The van der Waals surface area contributed by atoms with Crippen molar-refractivity contribution in [3.8, 4) is 0 Å². The van der Waals surface area contributed by atoms with Crippen LogP contribution < -0.4 is 10.2 Å². The number of anilines is 1. The molecule has 0 saturated carbocycles. The van der Waals surface area contributed by atoms with Gasteiger partial charge in [-0.3, -0.25) is 9.78 Å². The molecule has 1 atom stereocenters. The number of likely N-dealkylation sites (tertiary alicyclic amines) is 1. The summed E-state index contributed by atoms with van der Waals surface area (Å²) < 4.78 is 5.03. The van der Waals surface area contributed by atoms with E-state index in [2.05, 4.69) is 20.2 Å². The first-order chi connectivity index (χ1) is 12.7. The number of hydrogen-bond acceptors (Lipinski definition) is 6. The van der Waals surface area contributed by atoms with Gasteiger partial charge in [-0.05, 0) is 32.6 Å². The fraction of sp³-hybridized carbons (Fsp3) is 0.667. The molecule has 3 heterocycles. The number of nitrogens with zero attached hydrogens (tertiary/aromatic N) is 4. The second-order valence-electron chi connectivity index (χ2n) is 6.82. The summed E-state index contributed by atoms with van der Waals surface area (Å²) in [5.41, 5.74) is 0. The topological polar surface area (TPSA) is 87.7 Å². The number of nitrogens with one attached hydrogen (secondary N) is 1. The van der Waals surface area contributed by atoms with E-state index in [0.29, 0.717) is 26.2 Å². The number of aromatic nitrogens is 2. The van der Waals surface area contributed by atoms with Crippen molar-refractivity contribution in [2.45, 2.75) is 38.6 Å². The fourth-order valence-electron chi connectivity index (χ4n) is 3.59. The number of piperidine rings is 2. The molecule has 142 valence electrons. The molecule has 3 rings (SSSR count). The lowest BCUT2D eigenvalue weighted by molar-refractivity contribution is -0.126. The number of rotatable bonds is 4. The summed E-state index contributed by atoms with van der Waals surface area (Å²) in [6, 6.07) is 0.125. The van der Waals surface area contributed by atoms with E-state index in [1.807, 2.05) is 0 Å². The maximum atomic E-state index is 12.7. The molecule has 8 heteroatoms. The average Bonchev–Trinajstić information content (AvgIpc) is 2.69. The highest BCUT2D eigenvalue weighted by Crippen LogP contribution is 2.22. The van der Waals surface area contributed by atoms with Crippen molar-refractivity contribution in [3.63, 3.8) is 0 Å². The van der Waals surface area contributed by atoms with Crippen molar-refractivity contribution in [2.75, 3.05) is 37.7 Å². The summed E-state index contributed by atoms with van der Waals surface area (Å²) in [5, 5.41) is 3.17. The molecule has 26 heavy (non-hydrogen) atoms. The minimum atomic E-state index is -0.260. The molecule has 0 aliphatic carbocycles. The third-order valence-corrected chi connectivity index (χ3v) is 5.03. The zero-order chi connectivity index (χ0) is 18.4. The normalized spacial score (nSPS) is 21.3. The molecule has 2 fully saturated rings. The first kappa shape index (κ1) is 18.4. The zero-order valence-electron chi connectivity index (χ0n) is 15.3. The highest BCUT2D eigenvalue weighted by Gasteiger charge is 2.30. The van der Waals surface area contributed by atoms with Gasteiger partial charge >= 0.3 is 6.09 Å². The van der Waals surface area contributed by atoms with Crippen LogP contribution in [0.15, 0.2) is 18.6 Å². The minimum absolute atomic E-state index is 0.0335. The van der Waals surface area contributed by atoms with E-state index in [-0.39, 0.29) is 24.0 Å². The summed E-state index contributed by atoms with van der Waals surface area (Å²) in [6.45, 7) is 5.02. The molecule has 2 aliphatic heterocycles. The van der Waals surface area contributed by atoms with Crippen molar-refractivity contribution < 1.29 is 14.3 Å². The molecule has 2 amide bonds. The maximum absolute atomic E-state index is 12.7. The SMILES string of the molecule is CCOC(=O)N1CCC(NC(=O)C2CCCN(c3cnccn3)C2)CC1. The van der Waals surface area contributed by atoms with Crippen LogP contribution in [-0.4, -0.2) is 65.7 Å². The predicted octanol–water partition coefficient (Wildman–Crippen LogP) is 1.43. The first-order valence-electron chi connectivity index (χ1n) is 9.40. The summed E-state index contributed by atoms with van der Waals surface area (Å²) >= 11 is 0. The molecule has 1 aromatic heterocycles. The van der Waals surface area contributed by atoms with Gasteiger partial charge in [0.05, 0.1) is 18.7 Å². The minimum Gasteiger partial charge on any atom is -0.450 e. The van der Waals surface area contributed by atoms with E-state index in [1.54, 1.807) is 30.4 Å². The third-order valence-electron chi connectivity index (χ3n) is 5.03. The molecule has 2 saturated heterocycles. The van der Waals surface area contributed by atoms with Crippen LogP contribution in [0.5, 0.6) is 0 Å². The second-order valence-corrected chi connectivity index (χ2v) is 6.82. The summed E-state index contributed by atoms with van der Waals surface area (Å²) in [5.74, 6) is 0.898. The van der Waals surface area contributed by atoms with Gasteiger partial charge in [-0.2, -0.15) is 0 Å². The van der Waals surface area contributed by atoms with Crippen LogP contribution in [0.4, 0.5) is 10.6 Å². The van der Waals surface area contributed by atoms with Crippen LogP contribution in [0.1, 0.15) is 32.6 Å². The highest BCUT2D eigenvalue weighted by molar-refractivity contribution is 5.80. The fourth-order valence-corrected chi connectivity index (χ4v) is 3.59. The maximum Gasteiger partial charge on any atom is 0.409 e. The molecule has 2 aliphatic rings. The Balaban J connectivity index is 1.47. The Morgan fingerprint density at radius 1 is 1.23 bits per heavy atom. The molecule has 0 spiro atoms. The number of carbonyl (C=O) groups excluding carboxylic acids is 2. The van der Waals surface area contributed by atoms with Gasteiger partial charge in [0.25, 0.3) is 0 Å². The van der Waals surface area contributed by atoms with Crippen LogP contribution in [0, 0.1) is 5.92 Å². The van der Waals surface area contributed by atoms with Gasteiger partial charge in [-0.1, -0.05) is 0 Å². The Morgan fingerprint density at radius 3 is 2.73 bits per heavy atom. The van der Waals surface area contributed by atoms with Gasteiger partial charge in [0.2, 0.25) is 5.91 Å².